The van der Waals surface area contributed by atoms with Crippen LogP contribution in [-0.2, 0) is 6.54 Å². The summed E-state index contributed by atoms with van der Waals surface area (Å²) in [6, 6.07) is 14.3. The molecule has 108 valence electrons. The van der Waals surface area contributed by atoms with Gasteiger partial charge in [-0.25, -0.2) is 4.98 Å². The standard InChI is InChI=1S/C16H17N3OS/c1-19(12-4-3-5-13(9-12)20-2)10-11-6-7-14-15(8-11)21-16(17)18-14/h3-9H,10H2,1-2H3,(H2,17,18). The van der Waals surface area contributed by atoms with E-state index in [2.05, 4.69) is 35.1 Å². The van der Waals surface area contributed by atoms with Crippen LogP contribution in [0.1, 0.15) is 5.56 Å². The van der Waals surface area contributed by atoms with Crippen LogP contribution in [0.3, 0.4) is 0 Å². The van der Waals surface area contributed by atoms with Crippen molar-refractivity contribution in [2.45, 2.75) is 6.54 Å². The molecular formula is C16H17N3OS. The third kappa shape index (κ3) is 2.92. The fourth-order valence-corrected chi connectivity index (χ4v) is 3.10. The Morgan fingerprint density at radius 3 is 2.90 bits per heavy atom. The van der Waals surface area contributed by atoms with Crippen LogP contribution in [0.2, 0.25) is 0 Å². The van der Waals surface area contributed by atoms with E-state index in [1.54, 1.807) is 7.11 Å². The number of aromatic nitrogens is 1. The number of anilines is 2. The van der Waals surface area contributed by atoms with Crippen molar-refractivity contribution in [1.29, 1.82) is 0 Å². The van der Waals surface area contributed by atoms with E-state index in [1.807, 2.05) is 24.3 Å². The molecule has 1 aromatic heterocycles. The second-order valence-electron chi connectivity index (χ2n) is 4.91. The summed E-state index contributed by atoms with van der Waals surface area (Å²) in [7, 11) is 3.75. The van der Waals surface area contributed by atoms with Crippen molar-refractivity contribution in [3.05, 3.63) is 48.0 Å². The average Bonchev–Trinajstić information content (AvgIpc) is 2.86. The first-order valence-corrected chi connectivity index (χ1v) is 7.47. The first-order chi connectivity index (χ1) is 10.2. The zero-order valence-electron chi connectivity index (χ0n) is 12.0. The lowest BCUT2D eigenvalue weighted by atomic mass is 10.2. The number of methoxy groups -OCH3 is 1. The van der Waals surface area contributed by atoms with E-state index in [0.717, 1.165) is 28.2 Å². The van der Waals surface area contributed by atoms with Gasteiger partial charge in [-0.1, -0.05) is 23.5 Å². The molecule has 0 atom stereocenters. The smallest absolute Gasteiger partial charge is 0.181 e. The van der Waals surface area contributed by atoms with Gasteiger partial charge in [-0.3, -0.25) is 0 Å². The molecule has 0 aliphatic carbocycles. The molecule has 0 fully saturated rings. The van der Waals surface area contributed by atoms with Crippen molar-refractivity contribution in [2.75, 3.05) is 24.8 Å². The van der Waals surface area contributed by atoms with Gasteiger partial charge in [-0.05, 0) is 29.8 Å². The zero-order valence-corrected chi connectivity index (χ0v) is 12.9. The molecule has 1 heterocycles. The molecule has 4 nitrogen and oxygen atoms in total. The van der Waals surface area contributed by atoms with E-state index < -0.39 is 0 Å². The van der Waals surface area contributed by atoms with Gasteiger partial charge in [0.1, 0.15) is 5.75 Å². The van der Waals surface area contributed by atoms with Gasteiger partial charge in [-0.15, -0.1) is 0 Å². The second-order valence-corrected chi connectivity index (χ2v) is 5.97. The molecule has 0 spiro atoms. The summed E-state index contributed by atoms with van der Waals surface area (Å²) in [6.07, 6.45) is 0. The fraction of sp³-hybridized carbons (Fsp3) is 0.188. The molecule has 0 aliphatic heterocycles. The maximum absolute atomic E-state index is 5.75. The topological polar surface area (TPSA) is 51.4 Å². The summed E-state index contributed by atoms with van der Waals surface area (Å²) in [6.45, 7) is 0.820. The summed E-state index contributed by atoms with van der Waals surface area (Å²) in [5, 5.41) is 0.614. The van der Waals surface area contributed by atoms with Crippen molar-refractivity contribution in [3.63, 3.8) is 0 Å². The van der Waals surface area contributed by atoms with Crippen LogP contribution >= 0.6 is 11.3 Å². The predicted octanol–water partition coefficient (Wildman–Crippen LogP) is 3.52. The first-order valence-electron chi connectivity index (χ1n) is 6.66. The molecule has 0 saturated carbocycles. The lowest BCUT2D eigenvalue weighted by Crippen LogP contribution is -2.16. The summed E-state index contributed by atoms with van der Waals surface area (Å²) in [5.74, 6) is 0.866. The van der Waals surface area contributed by atoms with Crippen LogP contribution < -0.4 is 15.4 Å². The van der Waals surface area contributed by atoms with Gasteiger partial charge in [0.05, 0.1) is 17.3 Å². The van der Waals surface area contributed by atoms with E-state index in [-0.39, 0.29) is 0 Å². The monoisotopic (exact) mass is 299 g/mol. The molecule has 21 heavy (non-hydrogen) atoms. The maximum atomic E-state index is 5.75. The molecule has 0 bridgehead atoms. The number of nitrogen functional groups attached to an aromatic ring is 1. The Hall–Kier alpha value is -2.27. The molecular weight excluding hydrogens is 282 g/mol. The molecule has 0 saturated heterocycles. The molecule has 2 N–H and O–H groups in total. The zero-order chi connectivity index (χ0) is 14.8. The Morgan fingerprint density at radius 2 is 2.10 bits per heavy atom. The second kappa shape index (κ2) is 5.61. The number of fused-ring (bicyclic) bond motifs is 1. The molecule has 3 rings (SSSR count). The SMILES string of the molecule is COc1cccc(N(C)Cc2ccc3nc(N)sc3c2)c1. The van der Waals surface area contributed by atoms with Crippen molar-refractivity contribution in [2.24, 2.45) is 0 Å². The Balaban J connectivity index is 1.83. The van der Waals surface area contributed by atoms with Gasteiger partial charge in [0.2, 0.25) is 0 Å². The van der Waals surface area contributed by atoms with E-state index in [9.17, 15) is 0 Å². The van der Waals surface area contributed by atoms with E-state index in [0.29, 0.717) is 5.13 Å². The Labute approximate surface area is 127 Å². The van der Waals surface area contributed by atoms with Gasteiger partial charge < -0.3 is 15.4 Å². The molecule has 0 aliphatic rings. The van der Waals surface area contributed by atoms with Crippen molar-refractivity contribution < 1.29 is 4.74 Å². The van der Waals surface area contributed by atoms with E-state index >= 15 is 0 Å². The minimum atomic E-state index is 0.614. The first kappa shape index (κ1) is 13.7. The molecule has 5 heteroatoms. The van der Waals surface area contributed by atoms with Crippen LogP contribution in [0, 0.1) is 0 Å². The number of benzene rings is 2. The number of nitrogens with two attached hydrogens (primary N) is 1. The Kier molecular flexibility index (Phi) is 3.66. The van der Waals surface area contributed by atoms with Gasteiger partial charge in [0.25, 0.3) is 0 Å². The maximum Gasteiger partial charge on any atom is 0.181 e. The highest BCUT2D eigenvalue weighted by Gasteiger charge is 2.06. The van der Waals surface area contributed by atoms with Gasteiger partial charge >= 0.3 is 0 Å². The highest BCUT2D eigenvalue weighted by molar-refractivity contribution is 7.22. The van der Waals surface area contributed by atoms with Crippen molar-refractivity contribution in [1.82, 2.24) is 4.98 Å². The highest BCUT2D eigenvalue weighted by Crippen LogP contribution is 2.26. The Morgan fingerprint density at radius 1 is 1.24 bits per heavy atom. The van der Waals surface area contributed by atoms with Gasteiger partial charge in [-0.2, -0.15) is 0 Å². The molecule has 2 aromatic carbocycles. The molecule has 0 radical (unpaired) electrons. The summed E-state index contributed by atoms with van der Waals surface area (Å²) in [5.41, 5.74) is 9.07. The number of thiazole rings is 1. The van der Waals surface area contributed by atoms with Crippen LogP contribution in [0.4, 0.5) is 10.8 Å². The summed E-state index contributed by atoms with van der Waals surface area (Å²) in [4.78, 5) is 6.47. The quantitative estimate of drug-likeness (QED) is 0.801. The third-order valence-electron chi connectivity index (χ3n) is 3.38. The van der Waals surface area contributed by atoms with Crippen LogP contribution in [0.15, 0.2) is 42.5 Å². The minimum Gasteiger partial charge on any atom is -0.497 e. The highest BCUT2D eigenvalue weighted by atomic mass is 32.1. The predicted molar refractivity (Wildman–Crippen MR) is 89.1 cm³/mol. The lowest BCUT2D eigenvalue weighted by molar-refractivity contribution is 0.415. The number of ether oxygens (including phenoxy) is 1. The van der Waals surface area contributed by atoms with Crippen LogP contribution in [-0.4, -0.2) is 19.1 Å². The van der Waals surface area contributed by atoms with Crippen molar-refractivity contribution >= 4 is 32.4 Å². The Bertz CT molecular complexity index is 769. The van der Waals surface area contributed by atoms with E-state index in [4.69, 9.17) is 10.5 Å². The third-order valence-corrected chi connectivity index (χ3v) is 4.23. The largest absolute Gasteiger partial charge is 0.497 e. The normalized spacial score (nSPS) is 10.8. The minimum absolute atomic E-state index is 0.614. The fourth-order valence-electron chi connectivity index (χ4n) is 2.30. The number of hydrogen-bond donors (Lipinski definition) is 1. The van der Waals surface area contributed by atoms with Gasteiger partial charge in [0.15, 0.2) is 5.13 Å². The average molecular weight is 299 g/mol. The van der Waals surface area contributed by atoms with Crippen molar-refractivity contribution in [3.8, 4) is 5.75 Å². The summed E-state index contributed by atoms with van der Waals surface area (Å²) >= 11 is 1.52. The van der Waals surface area contributed by atoms with Crippen LogP contribution in [0.5, 0.6) is 5.75 Å². The number of rotatable bonds is 4. The molecule has 3 aromatic rings. The van der Waals surface area contributed by atoms with Gasteiger partial charge in [0, 0.05) is 25.3 Å². The molecule has 0 unspecified atom stereocenters. The summed E-state index contributed by atoms with van der Waals surface area (Å²) < 4.78 is 6.40. The van der Waals surface area contributed by atoms with E-state index in [1.165, 1.54) is 16.9 Å². The molecule has 0 amide bonds. The number of nitrogens with zero attached hydrogens (tertiary/aromatic N) is 2. The lowest BCUT2D eigenvalue weighted by Gasteiger charge is -2.20. The van der Waals surface area contributed by atoms with Crippen LogP contribution in [0.25, 0.3) is 10.2 Å². The number of hydrogen-bond acceptors (Lipinski definition) is 5.